The minimum absolute atomic E-state index is 0.0561. The highest BCUT2D eigenvalue weighted by Gasteiger charge is 2.16. The van der Waals surface area contributed by atoms with Crippen molar-refractivity contribution in [3.63, 3.8) is 0 Å². The number of furan rings is 1. The average molecular weight is 358 g/mol. The summed E-state index contributed by atoms with van der Waals surface area (Å²) in [5.74, 6) is 0.102. The monoisotopic (exact) mass is 358 g/mol. The van der Waals surface area contributed by atoms with Crippen LogP contribution in [-0.4, -0.2) is 16.9 Å². The summed E-state index contributed by atoms with van der Waals surface area (Å²) >= 11 is 0. The number of fused-ring (bicyclic) bond motifs is 2. The second kappa shape index (κ2) is 7.23. The van der Waals surface area contributed by atoms with E-state index in [1.165, 1.54) is 5.56 Å². The molecule has 2 heterocycles. The first-order valence-corrected chi connectivity index (χ1v) is 9.24. The summed E-state index contributed by atoms with van der Waals surface area (Å²) in [5, 5.41) is 4.90. The molecule has 4 aromatic rings. The van der Waals surface area contributed by atoms with Crippen LogP contribution in [0.5, 0.6) is 0 Å². The highest BCUT2D eigenvalue weighted by Crippen LogP contribution is 2.23. The number of pyridine rings is 1. The molecule has 0 saturated heterocycles. The topological polar surface area (TPSA) is 55.1 Å². The van der Waals surface area contributed by atoms with Gasteiger partial charge in [-0.15, -0.1) is 0 Å². The summed E-state index contributed by atoms with van der Waals surface area (Å²) in [6, 6.07) is 20.2. The van der Waals surface area contributed by atoms with Crippen molar-refractivity contribution in [1.29, 1.82) is 0 Å². The van der Waals surface area contributed by atoms with E-state index in [1.54, 1.807) is 6.07 Å². The number of hydrogen-bond acceptors (Lipinski definition) is 3. The van der Waals surface area contributed by atoms with Crippen molar-refractivity contribution in [3.05, 3.63) is 77.6 Å². The zero-order chi connectivity index (χ0) is 18.8. The molecule has 0 unspecified atom stereocenters. The molecule has 1 atom stereocenters. The predicted octanol–water partition coefficient (Wildman–Crippen LogP) is 5.04. The summed E-state index contributed by atoms with van der Waals surface area (Å²) in [6.07, 6.45) is 1.80. The highest BCUT2D eigenvalue weighted by atomic mass is 16.4. The lowest BCUT2D eigenvalue weighted by Gasteiger charge is -2.12. The van der Waals surface area contributed by atoms with Gasteiger partial charge in [0, 0.05) is 16.8 Å². The molecule has 0 saturated carbocycles. The molecule has 4 rings (SSSR count). The van der Waals surface area contributed by atoms with E-state index >= 15 is 0 Å². The van der Waals surface area contributed by atoms with Crippen LogP contribution in [0.1, 0.15) is 35.0 Å². The lowest BCUT2D eigenvalue weighted by molar-refractivity contribution is 0.0912. The van der Waals surface area contributed by atoms with Gasteiger partial charge in [-0.1, -0.05) is 42.5 Å². The van der Waals surface area contributed by atoms with Crippen LogP contribution in [0.2, 0.25) is 0 Å². The molecule has 0 radical (unpaired) electrons. The van der Waals surface area contributed by atoms with E-state index in [1.807, 2.05) is 50.2 Å². The maximum Gasteiger partial charge on any atom is 0.287 e. The fraction of sp³-hybridized carbons (Fsp3) is 0.217. The van der Waals surface area contributed by atoms with Gasteiger partial charge in [0.15, 0.2) is 5.76 Å². The number of carbonyl (C=O) groups excluding carboxylic acids is 1. The zero-order valence-corrected chi connectivity index (χ0v) is 15.5. The van der Waals surface area contributed by atoms with Gasteiger partial charge < -0.3 is 9.73 Å². The number of benzene rings is 2. The lowest BCUT2D eigenvalue weighted by atomic mass is 10.1. The molecule has 0 aliphatic heterocycles. The summed E-state index contributed by atoms with van der Waals surface area (Å²) in [4.78, 5) is 17.1. The Morgan fingerprint density at radius 1 is 1.07 bits per heavy atom. The average Bonchev–Trinajstić information content (AvgIpc) is 3.08. The molecular formula is C23H22N2O2. The molecule has 0 bridgehead atoms. The van der Waals surface area contributed by atoms with Gasteiger partial charge in [0.1, 0.15) is 0 Å². The second-order valence-electron chi connectivity index (χ2n) is 7.09. The minimum atomic E-state index is -0.200. The Balaban J connectivity index is 1.47. The fourth-order valence-electron chi connectivity index (χ4n) is 3.24. The summed E-state index contributed by atoms with van der Waals surface area (Å²) in [7, 11) is 0. The Kier molecular flexibility index (Phi) is 4.63. The number of amides is 1. The molecular weight excluding hydrogens is 336 g/mol. The van der Waals surface area contributed by atoms with E-state index in [4.69, 9.17) is 4.42 Å². The van der Waals surface area contributed by atoms with Crippen molar-refractivity contribution in [2.75, 3.05) is 0 Å². The van der Waals surface area contributed by atoms with Gasteiger partial charge >= 0.3 is 0 Å². The standard InChI is InChI=1S/C23H22N2O2/c1-15-8-11-18-13-19-14-21(27-23(19)25-20(18)12-15)22(26)24-16(2)9-10-17-6-4-3-5-7-17/h3-8,11-14,16H,9-10H2,1-2H3,(H,24,26)/t16-/m1/s1. The van der Waals surface area contributed by atoms with Crippen LogP contribution in [0.3, 0.4) is 0 Å². The third-order valence-corrected chi connectivity index (χ3v) is 4.77. The largest absolute Gasteiger partial charge is 0.433 e. The van der Waals surface area contributed by atoms with Gasteiger partial charge in [-0.25, -0.2) is 4.98 Å². The third kappa shape index (κ3) is 3.85. The van der Waals surface area contributed by atoms with Crippen molar-refractivity contribution < 1.29 is 9.21 Å². The van der Waals surface area contributed by atoms with E-state index in [2.05, 4.69) is 28.5 Å². The Hall–Kier alpha value is -3.14. The van der Waals surface area contributed by atoms with Gasteiger partial charge in [0.25, 0.3) is 5.91 Å². The van der Waals surface area contributed by atoms with Crippen molar-refractivity contribution in [1.82, 2.24) is 10.3 Å². The van der Waals surface area contributed by atoms with Crippen LogP contribution in [-0.2, 0) is 6.42 Å². The maximum atomic E-state index is 12.6. The number of nitrogens with one attached hydrogen (secondary N) is 1. The van der Waals surface area contributed by atoms with Crippen molar-refractivity contribution in [2.45, 2.75) is 32.7 Å². The van der Waals surface area contributed by atoms with E-state index in [-0.39, 0.29) is 11.9 Å². The second-order valence-corrected chi connectivity index (χ2v) is 7.09. The quantitative estimate of drug-likeness (QED) is 0.544. The number of nitrogens with zero attached hydrogens (tertiary/aromatic N) is 1. The predicted molar refractivity (Wildman–Crippen MR) is 108 cm³/mol. The van der Waals surface area contributed by atoms with Crippen LogP contribution in [0.4, 0.5) is 0 Å². The number of rotatable bonds is 5. The van der Waals surface area contributed by atoms with E-state index < -0.39 is 0 Å². The number of aromatic nitrogens is 1. The van der Waals surface area contributed by atoms with E-state index in [0.717, 1.165) is 34.7 Å². The summed E-state index contributed by atoms with van der Waals surface area (Å²) < 4.78 is 5.72. The first kappa shape index (κ1) is 17.3. The molecule has 4 heteroatoms. The van der Waals surface area contributed by atoms with Crippen LogP contribution in [0.25, 0.3) is 22.0 Å². The molecule has 1 amide bonds. The fourth-order valence-corrected chi connectivity index (χ4v) is 3.24. The molecule has 27 heavy (non-hydrogen) atoms. The summed E-state index contributed by atoms with van der Waals surface area (Å²) in [5.41, 5.74) is 3.79. The third-order valence-electron chi connectivity index (χ3n) is 4.77. The lowest BCUT2D eigenvalue weighted by Crippen LogP contribution is -2.32. The molecule has 4 nitrogen and oxygen atoms in total. The zero-order valence-electron chi connectivity index (χ0n) is 15.5. The van der Waals surface area contributed by atoms with Crippen LogP contribution in [0.15, 0.2) is 65.1 Å². The molecule has 2 aromatic heterocycles. The normalized spacial score (nSPS) is 12.4. The highest BCUT2D eigenvalue weighted by molar-refractivity contribution is 5.98. The molecule has 0 aliphatic rings. The molecule has 2 aromatic carbocycles. The molecule has 0 fully saturated rings. The number of hydrogen-bond donors (Lipinski definition) is 1. The molecule has 0 aliphatic carbocycles. The van der Waals surface area contributed by atoms with Crippen LogP contribution < -0.4 is 5.32 Å². The van der Waals surface area contributed by atoms with Crippen LogP contribution in [0, 0.1) is 6.92 Å². The SMILES string of the molecule is Cc1ccc2cc3cc(C(=O)N[C@H](C)CCc4ccccc4)oc3nc2c1. The Morgan fingerprint density at radius 3 is 2.70 bits per heavy atom. The van der Waals surface area contributed by atoms with Gasteiger partial charge in [-0.3, -0.25) is 4.79 Å². The van der Waals surface area contributed by atoms with E-state index in [0.29, 0.717) is 11.5 Å². The van der Waals surface area contributed by atoms with Gasteiger partial charge in [-0.05, 0) is 56.0 Å². The molecule has 1 N–H and O–H groups in total. The Bertz CT molecular complexity index is 1100. The van der Waals surface area contributed by atoms with Crippen molar-refractivity contribution >= 4 is 27.9 Å². The Morgan fingerprint density at radius 2 is 1.89 bits per heavy atom. The number of carbonyl (C=O) groups is 1. The van der Waals surface area contributed by atoms with Gasteiger partial charge in [0.2, 0.25) is 5.71 Å². The van der Waals surface area contributed by atoms with Crippen molar-refractivity contribution in [3.8, 4) is 0 Å². The van der Waals surface area contributed by atoms with Crippen LogP contribution >= 0.6 is 0 Å². The Labute approximate surface area is 158 Å². The maximum absolute atomic E-state index is 12.6. The molecule has 136 valence electrons. The van der Waals surface area contributed by atoms with Gasteiger partial charge in [0.05, 0.1) is 5.52 Å². The first-order valence-electron chi connectivity index (χ1n) is 9.24. The number of aryl methyl sites for hydroxylation is 2. The summed E-state index contributed by atoms with van der Waals surface area (Å²) in [6.45, 7) is 4.04. The van der Waals surface area contributed by atoms with E-state index in [9.17, 15) is 4.79 Å². The first-order chi connectivity index (χ1) is 13.1. The van der Waals surface area contributed by atoms with Crippen molar-refractivity contribution in [2.24, 2.45) is 0 Å². The smallest absolute Gasteiger partial charge is 0.287 e. The van der Waals surface area contributed by atoms with Gasteiger partial charge in [-0.2, -0.15) is 0 Å². The minimum Gasteiger partial charge on any atom is -0.433 e. The molecule has 0 spiro atoms.